The van der Waals surface area contributed by atoms with Gasteiger partial charge in [-0.3, -0.25) is 4.79 Å². The van der Waals surface area contributed by atoms with Gasteiger partial charge in [0, 0.05) is 17.9 Å². The molecular formula is C19H14F2N2O3S. The second-order valence-corrected chi connectivity index (χ2v) is 7.80. The molecule has 0 spiro atoms. The van der Waals surface area contributed by atoms with E-state index in [4.69, 9.17) is 0 Å². The van der Waals surface area contributed by atoms with Gasteiger partial charge in [-0.1, -0.05) is 24.8 Å². The van der Waals surface area contributed by atoms with E-state index in [9.17, 15) is 22.0 Å². The Morgan fingerprint density at radius 1 is 1.07 bits per heavy atom. The van der Waals surface area contributed by atoms with Crippen LogP contribution in [0.25, 0.3) is 22.9 Å². The number of rotatable bonds is 4. The Labute approximate surface area is 154 Å². The fraction of sp³-hybridized carbons (Fsp3) is 0.0526. The Morgan fingerprint density at radius 3 is 2.30 bits per heavy atom. The van der Waals surface area contributed by atoms with Gasteiger partial charge in [0.2, 0.25) is 0 Å². The predicted octanol–water partition coefficient (Wildman–Crippen LogP) is 3.22. The van der Waals surface area contributed by atoms with Gasteiger partial charge in [-0.25, -0.2) is 17.2 Å². The lowest BCUT2D eigenvalue weighted by atomic mass is 10.0. The van der Waals surface area contributed by atoms with Crippen LogP contribution in [0.5, 0.6) is 0 Å². The van der Waals surface area contributed by atoms with Gasteiger partial charge >= 0.3 is 0 Å². The van der Waals surface area contributed by atoms with E-state index in [0.29, 0.717) is 11.1 Å². The van der Waals surface area contributed by atoms with Crippen LogP contribution in [0.3, 0.4) is 0 Å². The monoisotopic (exact) mass is 388 g/mol. The van der Waals surface area contributed by atoms with Gasteiger partial charge in [0.15, 0.2) is 21.5 Å². The van der Waals surface area contributed by atoms with Gasteiger partial charge in [-0.05, 0) is 29.8 Å². The summed E-state index contributed by atoms with van der Waals surface area (Å²) in [6.07, 6.45) is 3.82. The van der Waals surface area contributed by atoms with Crippen LogP contribution in [-0.2, 0) is 9.84 Å². The van der Waals surface area contributed by atoms with Crippen molar-refractivity contribution in [1.29, 1.82) is 0 Å². The molecule has 3 rings (SSSR count). The average molecular weight is 388 g/mol. The lowest BCUT2D eigenvalue weighted by Gasteiger charge is -2.10. The van der Waals surface area contributed by atoms with Gasteiger partial charge in [0.1, 0.15) is 0 Å². The summed E-state index contributed by atoms with van der Waals surface area (Å²) in [6.45, 7) is 3.63. The van der Waals surface area contributed by atoms with Gasteiger partial charge < -0.3 is 0 Å². The molecule has 0 aliphatic carbocycles. The second-order valence-electron chi connectivity index (χ2n) is 5.79. The second kappa shape index (κ2) is 6.88. The van der Waals surface area contributed by atoms with Crippen molar-refractivity contribution >= 4 is 15.9 Å². The number of halogens is 2. The fourth-order valence-electron chi connectivity index (χ4n) is 2.58. The molecule has 0 saturated carbocycles. The Balaban J connectivity index is 2.14. The molecule has 1 aromatic heterocycles. The summed E-state index contributed by atoms with van der Waals surface area (Å²) in [5.74, 6) is -2.12. The zero-order valence-corrected chi connectivity index (χ0v) is 15.0. The third-order valence-electron chi connectivity index (χ3n) is 3.96. The number of sulfone groups is 1. The van der Waals surface area contributed by atoms with E-state index in [1.807, 2.05) is 0 Å². The summed E-state index contributed by atoms with van der Waals surface area (Å²) < 4.78 is 50.7. The lowest BCUT2D eigenvalue weighted by molar-refractivity contribution is 0.507. The molecule has 3 aromatic rings. The molecule has 1 heterocycles. The largest absolute Gasteiger partial charge is 0.279 e. The number of benzene rings is 2. The van der Waals surface area contributed by atoms with Crippen LogP contribution in [0.2, 0.25) is 0 Å². The Kier molecular flexibility index (Phi) is 4.75. The quantitative estimate of drug-likeness (QED) is 0.688. The van der Waals surface area contributed by atoms with Gasteiger partial charge in [0.25, 0.3) is 5.56 Å². The van der Waals surface area contributed by atoms with Crippen molar-refractivity contribution in [1.82, 2.24) is 9.78 Å². The summed E-state index contributed by atoms with van der Waals surface area (Å²) in [4.78, 5) is 12.9. The molecule has 2 aromatic carbocycles. The average Bonchev–Trinajstić information content (AvgIpc) is 2.63. The standard InChI is InChI=1S/C19H14F2N2O3S/c1-3-15-16(12-4-7-14(8-5-12)27(2,25)26)11-22-23(19(15)24)13-6-9-17(20)18(21)10-13/h3-11H,1H2,2H3. The molecule has 138 valence electrons. The molecule has 8 heteroatoms. The zero-order chi connectivity index (χ0) is 19.8. The van der Waals surface area contributed by atoms with Crippen LogP contribution < -0.4 is 5.56 Å². The van der Waals surface area contributed by atoms with Crippen molar-refractivity contribution in [3.63, 3.8) is 0 Å². The summed E-state index contributed by atoms with van der Waals surface area (Å²) in [5.41, 5.74) is 0.705. The molecular weight excluding hydrogens is 374 g/mol. The Morgan fingerprint density at radius 2 is 1.74 bits per heavy atom. The highest BCUT2D eigenvalue weighted by molar-refractivity contribution is 7.90. The van der Waals surface area contributed by atoms with Crippen LogP contribution in [0, 0.1) is 11.6 Å². The molecule has 0 unspecified atom stereocenters. The van der Waals surface area contributed by atoms with Gasteiger partial charge in [-0.15, -0.1) is 0 Å². The first-order chi connectivity index (χ1) is 12.7. The zero-order valence-electron chi connectivity index (χ0n) is 14.2. The van der Waals surface area contributed by atoms with Gasteiger partial charge in [-0.2, -0.15) is 9.78 Å². The highest BCUT2D eigenvalue weighted by atomic mass is 32.2. The molecule has 0 amide bonds. The normalized spacial score (nSPS) is 11.4. The maximum Gasteiger partial charge on any atom is 0.279 e. The topological polar surface area (TPSA) is 69.0 Å². The maximum atomic E-state index is 13.5. The molecule has 0 atom stereocenters. The van der Waals surface area contributed by atoms with Gasteiger partial charge in [0.05, 0.1) is 22.3 Å². The summed E-state index contributed by atoms with van der Waals surface area (Å²) >= 11 is 0. The van der Waals surface area contributed by atoms with Crippen LogP contribution in [-0.4, -0.2) is 24.5 Å². The third-order valence-corrected chi connectivity index (χ3v) is 5.09. The van der Waals surface area contributed by atoms with E-state index in [1.54, 1.807) is 12.1 Å². The van der Waals surface area contributed by atoms with E-state index in [1.165, 1.54) is 30.5 Å². The highest BCUT2D eigenvalue weighted by Crippen LogP contribution is 2.24. The first-order valence-electron chi connectivity index (χ1n) is 7.73. The van der Waals surface area contributed by atoms with Crippen LogP contribution >= 0.6 is 0 Å². The van der Waals surface area contributed by atoms with Crippen LogP contribution in [0.1, 0.15) is 5.56 Å². The van der Waals surface area contributed by atoms with E-state index in [2.05, 4.69) is 11.7 Å². The first-order valence-corrected chi connectivity index (χ1v) is 9.62. The van der Waals surface area contributed by atoms with Crippen molar-refractivity contribution < 1.29 is 17.2 Å². The van der Waals surface area contributed by atoms with Crippen LogP contribution in [0.4, 0.5) is 8.78 Å². The van der Waals surface area contributed by atoms with Crippen molar-refractivity contribution in [3.05, 3.63) is 82.8 Å². The minimum atomic E-state index is -3.34. The van der Waals surface area contributed by atoms with E-state index in [0.717, 1.165) is 23.1 Å². The molecule has 27 heavy (non-hydrogen) atoms. The minimum absolute atomic E-state index is 0.0703. The number of nitrogens with zero attached hydrogens (tertiary/aromatic N) is 2. The molecule has 0 aliphatic heterocycles. The molecule has 5 nitrogen and oxygen atoms in total. The summed E-state index contributed by atoms with van der Waals surface area (Å²) in [7, 11) is -3.34. The molecule has 0 N–H and O–H groups in total. The summed E-state index contributed by atoms with van der Waals surface area (Å²) in [6, 6.07) is 8.99. The summed E-state index contributed by atoms with van der Waals surface area (Å²) in [5, 5.41) is 4.02. The SMILES string of the molecule is C=Cc1c(-c2ccc(S(C)(=O)=O)cc2)cnn(-c2ccc(F)c(F)c2)c1=O. The third kappa shape index (κ3) is 3.56. The first kappa shape index (κ1) is 18.7. The van der Waals surface area contributed by atoms with Crippen molar-refractivity contribution in [2.24, 2.45) is 0 Å². The number of hydrogen-bond acceptors (Lipinski definition) is 4. The fourth-order valence-corrected chi connectivity index (χ4v) is 3.21. The smallest absolute Gasteiger partial charge is 0.267 e. The lowest BCUT2D eigenvalue weighted by Crippen LogP contribution is -2.24. The van der Waals surface area contributed by atoms with Crippen molar-refractivity contribution in [2.45, 2.75) is 4.90 Å². The Hall–Kier alpha value is -3.13. The van der Waals surface area contributed by atoms with Crippen molar-refractivity contribution in [3.8, 4) is 16.8 Å². The molecule has 0 bridgehead atoms. The minimum Gasteiger partial charge on any atom is -0.267 e. The molecule has 0 aliphatic rings. The number of hydrogen-bond donors (Lipinski definition) is 0. The van der Waals surface area contributed by atoms with E-state index >= 15 is 0 Å². The van der Waals surface area contributed by atoms with E-state index in [-0.39, 0.29) is 16.1 Å². The maximum absolute atomic E-state index is 13.5. The predicted molar refractivity (Wildman–Crippen MR) is 98.4 cm³/mol. The van der Waals surface area contributed by atoms with Crippen LogP contribution in [0.15, 0.2) is 64.9 Å². The number of aromatic nitrogens is 2. The highest BCUT2D eigenvalue weighted by Gasteiger charge is 2.14. The molecule has 0 radical (unpaired) electrons. The van der Waals surface area contributed by atoms with E-state index < -0.39 is 27.0 Å². The Bertz CT molecular complexity index is 1200. The van der Waals surface area contributed by atoms with Crippen molar-refractivity contribution in [2.75, 3.05) is 6.26 Å². The molecule has 0 saturated heterocycles. The molecule has 0 fully saturated rings.